The zero-order valence-electron chi connectivity index (χ0n) is 26.5. The smallest absolute Gasteiger partial charge is 0.143 e. The Morgan fingerprint density at radius 3 is 1.84 bits per heavy atom. The molecule has 2 aromatic heterocycles. The molecule has 0 fully saturated rings. The van der Waals surface area contributed by atoms with E-state index >= 15 is 0 Å². The van der Waals surface area contributed by atoms with Crippen LogP contribution in [0.15, 0.2) is 180 Å². The first-order chi connectivity index (χ1) is 24.3. The lowest BCUT2D eigenvalue weighted by atomic mass is 9.95. The molecule has 0 aliphatic rings. The Bertz CT molecular complexity index is 2810. The fourth-order valence-corrected chi connectivity index (χ4v) is 8.58. The van der Waals surface area contributed by atoms with Gasteiger partial charge in [0.2, 0.25) is 0 Å². The standard InChI is InChI=1S/C46H29NOS/c1-3-13-30(14-4-1)31-25-27-34(28-26-31)47(38-21-12-24-42-43(38)36-19-9-10-23-41(36)49-42)39-20-11-22-40-45(39)44-35-18-8-7-17-33(35)29-37(46(44)48-40)32-15-5-2-6-16-32/h1-29H. The molecule has 0 aliphatic heterocycles. The molecule has 0 unspecified atom stereocenters. The number of anilines is 3. The largest absolute Gasteiger partial charge is 0.455 e. The second kappa shape index (κ2) is 11.2. The molecule has 3 heteroatoms. The van der Waals surface area contributed by atoms with E-state index in [4.69, 9.17) is 4.42 Å². The lowest BCUT2D eigenvalue weighted by molar-refractivity contribution is 0.670. The van der Waals surface area contributed by atoms with Gasteiger partial charge >= 0.3 is 0 Å². The van der Waals surface area contributed by atoms with Crippen molar-refractivity contribution in [1.29, 1.82) is 0 Å². The molecule has 49 heavy (non-hydrogen) atoms. The first kappa shape index (κ1) is 27.9. The Morgan fingerprint density at radius 2 is 1.04 bits per heavy atom. The summed E-state index contributed by atoms with van der Waals surface area (Å²) in [7, 11) is 0. The Balaban J connectivity index is 1.31. The quantitative estimate of drug-likeness (QED) is 0.186. The number of hydrogen-bond donors (Lipinski definition) is 0. The second-order valence-electron chi connectivity index (χ2n) is 12.5. The highest BCUT2D eigenvalue weighted by molar-refractivity contribution is 7.26. The maximum atomic E-state index is 6.90. The van der Waals surface area contributed by atoms with Crippen molar-refractivity contribution >= 4 is 81.3 Å². The number of nitrogens with zero attached hydrogens (tertiary/aromatic N) is 1. The van der Waals surface area contributed by atoms with E-state index in [1.54, 1.807) is 0 Å². The molecule has 10 rings (SSSR count). The van der Waals surface area contributed by atoms with Crippen LogP contribution >= 0.6 is 11.3 Å². The van der Waals surface area contributed by atoms with Crippen molar-refractivity contribution in [3.05, 3.63) is 176 Å². The van der Waals surface area contributed by atoms with E-state index in [0.29, 0.717) is 0 Å². The minimum absolute atomic E-state index is 0.870. The highest BCUT2D eigenvalue weighted by atomic mass is 32.1. The van der Waals surface area contributed by atoms with Crippen molar-refractivity contribution in [2.75, 3.05) is 4.90 Å². The van der Waals surface area contributed by atoms with Crippen LogP contribution in [0.4, 0.5) is 17.1 Å². The van der Waals surface area contributed by atoms with Crippen LogP contribution in [0.25, 0.3) is 75.1 Å². The van der Waals surface area contributed by atoms with Gasteiger partial charge in [-0.3, -0.25) is 0 Å². The van der Waals surface area contributed by atoms with Crippen molar-refractivity contribution in [2.45, 2.75) is 0 Å². The third-order valence-electron chi connectivity index (χ3n) is 9.65. The summed E-state index contributed by atoms with van der Waals surface area (Å²) in [5.74, 6) is 0. The monoisotopic (exact) mass is 643 g/mol. The molecule has 0 bridgehead atoms. The summed E-state index contributed by atoms with van der Waals surface area (Å²) in [6.45, 7) is 0. The Hall–Kier alpha value is -6.16. The van der Waals surface area contributed by atoms with Gasteiger partial charge in [0.05, 0.1) is 16.8 Å². The van der Waals surface area contributed by atoms with E-state index in [-0.39, 0.29) is 0 Å². The fourth-order valence-electron chi connectivity index (χ4n) is 7.45. The van der Waals surface area contributed by atoms with E-state index in [9.17, 15) is 0 Å². The predicted octanol–water partition coefficient (Wildman–Crippen LogP) is 13.9. The highest BCUT2D eigenvalue weighted by Gasteiger charge is 2.24. The molecule has 230 valence electrons. The van der Waals surface area contributed by atoms with Gasteiger partial charge in [-0.25, -0.2) is 0 Å². The Labute approximate surface area is 287 Å². The predicted molar refractivity (Wildman–Crippen MR) is 210 cm³/mol. The summed E-state index contributed by atoms with van der Waals surface area (Å²) in [6, 6.07) is 63.0. The first-order valence-corrected chi connectivity index (χ1v) is 17.4. The lowest BCUT2D eigenvalue weighted by Crippen LogP contribution is -2.10. The molecular weight excluding hydrogens is 615 g/mol. The Morgan fingerprint density at radius 1 is 0.429 bits per heavy atom. The van der Waals surface area contributed by atoms with Crippen LogP contribution in [0.2, 0.25) is 0 Å². The molecule has 0 radical (unpaired) electrons. The number of benzene rings is 8. The summed E-state index contributed by atoms with van der Waals surface area (Å²) < 4.78 is 9.46. The highest BCUT2D eigenvalue weighted by Crippen LogP contribution is 2.50. The van der Waals surface area contributed by atoms with Gasteiger partial charge in [-0.1, -0.05) is 127 Å². The summed E-state index contributed by atoms with van der Waals surface area (Å²) in [6.07, 6.45) is 0. The van der Waals surface area contributed by atoms with Crippen LogP contribution in [-0.2, 0) is 0 Å². The fraction of sp³-hybridized carbons (Fsp3) is 0. The van der Waals surface area contributed by atoms with Crippen LogP contribution in [0.5, 0.6) is 0 Å². The normalized spacial score (nSPS) is 11.7. The zero-order chi connectivity index (χ0) is 32.3. The van der Waals surface area contributed by atoms with Crippen molar-refractivity contribution in [3.63, 3.8) is 0 Å². The maximum Gasteiger partial charge on any atom is 0.143 e. The van der Waals surface area contributed by atoms with E-state index in [1.165, 1.54) is 42.1 Å². The molecule has 0 amide bonds. The molecule has 0 atom stereocenters. The summed E-state index contributed by atoms with van der Waals surface area (Å²) >= 11 is 1.85. The average molecular weight is 644 g/mol. The lowest BCUT2D eigenvalue weighted by Gasteiger charge is -2.27. The molecule has 0 spiro atoms. The third kappa shape index (κ3) is 4.47. The maximum absolute atomic E-state index is 6.90. The van der Waals surface area contributed by atoms with E-state index in [1.807, 2.05) is 11.3 Å². The van der Waals surface area contributed by atoms with Gasteiger partial charge in [-0.15, -0.1) is 11.3 Å². The van der Waals surface area contributed by atoms with Gasteiger partial charge < -0.3 is 9.32 Å². The van der Waals surface area contributed by atoms with Gasteiger partial charge in [0.25, 0.3) is 0 Å². The average Bonchev–Trinajstić information content (AvgIpc) is 3.76. The Kier molecular flexibility index (Phi) is 6.39. The number of rotatable bonds is 5. The molecule has 0 saturated heterocycles. The van der Waals surface area contributed by atoms with Gasteiger partial charge in [0.1, 0.15) is 11.2 Å². The summed E-state index contributed by atoms with van der Waals surface area (Å²) in [4.78, 5) is 2.44. The molecule has 0 saturated carbocycles. The molecular formula is C46H29NOS. The minimum Gasteiger partial charge on any atom is -0.455 e. The van der Waals surface area contributed by atoms with Crippen molar-refractivity contribution in [3.8, 4) is 22.3 Å². The number of fused-ring (bicyclic) bond motifs is 8. The van der Waals surface area contributed by atoms with Crippen LogP contribution in [0, 0.1) is 0 Å². The third-order valence-corrected chi connectivity index (χ3v) is 10.8. The van der Waals surface area contributed by atoms with Gasteiger partial charge in [0, 0.05) is 36.8 Å². The minimum atomic E-state index is 0.870. The van der Waals surface area contributed by atoms with Gasteiger partial charge in [0.15, 0.2) is 0 Å². The summed E-state index contributed by atoms with van der Waals surface area (Å²) in [5, 5.41) is 7.14. The molecule has 0 aliphatic carbocycles. The van der Waals surface area contributed by atoms with E-state index < -0.39 is 0 Å². The molecule has 10 aromatic rings. The topological polar surface area (TPSA) is 16.4 Å². The zero-order valence-corrected chi connectivity index (χ0v) is 27.3. The van der Waals surface area contributed by atoms with Crippen LogP contribution < -0.4 is 4.90 Å². The van der Waals surface area contributed by atoms with Crippen molar-refractivity contribution < 1.29 is 4.42 Å². The number of hydrogen-bond acceptors (Lipinski definition) is 3. The van der Waals surface area contributed by atoms with Crippen LogP contribution in [-0.4, -0.2) is 0 Å². The van der Waals surface area contributed by atoms with Crippen molar-refractivity contribution in [1.82, 2.24) is 0 Å². The van der Waals surface area contributed by atoms with Crippen molar-refractivity contribution in [2.24, 2.45) is 0 Å². The van der Waals surface area contributed by atoms with E-state index in [2.05, 4.69) is 181 Å². The molecule has 2 nitrogen and oxygen atoms in total. The number of thiophene rings is 1. The SMILES string of the molecule is c1ccc(-c2ccc(N(c3cccc4sc5ccccc5c34)c3cccc4oc5c(-c6ccccc6)cc6ccccc6c5c34)cc2)cc1. The molecule has 8 aromatic carbocycles. The van der Waals surface area contributed by atoms with E-state index in [0.717, 1.165) is 50.1 Å². The van der Waals surface area contributed by atoms with Gasteiger partial charge in [-0.05, 0) is 76.0 Å². The summed E-state index contributed by atoms with van der Waals surface area (Å²) in [5.41, 5.74) is 9.73. The van der Waals surface area contributed by atoms with Crippen LogP contribution in [0.1, 0.15) is 0 Å². The number of furan rings is 1. The molecule has 0 N–H and O–H groups in total. The second-order valence-corrected chi connectivity index (χ2v) is 13.5. The first-order valence-electron chi connectivity index (χ1n) is 16.6. The van der Waals surface area contributed by atoms with Gasteiger partial charge in [-0.2, -0.15) is 0 Å². The van der Waals surface area contributed by atoms with Crippen LogP contribution in [0.3, 0.4) is 0 Å². The molecule has 2 heterocycles.